The Morgan fingerprint density at radius 2 is 2.00 bits per heavy atom. The van der Waals surface area contributed by atoms with E-state index in [1.54, 1.807) is 0 Å². The molecule has 2 rings (SSSR count). The third kappa shape index (κ3) is 3.04. The van der Waals surface area contributed by atoms with Gasteiger partial charge >= 0.3 is 0 Å². The summed E-state index contributed by atoms with van der Waals surface area (Å²) in [6.07, 6.45) is 2.25. The Kier molecular flexibility index (Phi) is 4.49. The van der Waals surface area contributed by atoms with E-state index in [1.807, 2.05) is 0 Å². The maximum atomic E-state index is 13.6. The van der Waals surface area contributed by atoms with Crippen LogP contribution < -0.4 is 10.6 Å². The first-order valence-corrected chi connectivity index (χ1v) is 6.38. The average molecular weight is 288 g/mol. The summed E-state index contributed by atoms with van der Waals surface area (Å²) in [6.45, 7) is 1.56. The fourth-order valence-electron chi connectivity index (χ4n) is 2.18. The summed E-state index contributed by atoms with van der Waals surface area (Å²) >= 11 is 0. The molecule has 1 saturated heterocycles. The minimum absolute atomic E-state index is 0.160. The molecule has 1 unspecified atom stereocenters. The number of amides is 1. The Morgan fingerprint density at radius 1 is 1.25 bits per heavy atom. The van der Waals surface area contributed by atoms with Gasteiger partial charge in [0.2, 0.25) is 5.82 Å². The number of nitrogens with one attached hydrogen (secondary N) is 2. The van der Waals surface area contributed by atoms with Crippen molar-refractivity contribution in [3.63, 3.8) is 0 Å². The quantitative estimate of drug-likeness (QED) is 0.726. The number of rotatable bonds is 2. The van der Waals surface area contributed by atoms with E-state index in [1.165, 1.54) is 0 Å². The minimum Gasteiger partial charge on any atom is -0.503 e. The molecule has 0 aliphatic carbocycles. The predicted molar refractivity (Wildman–Crippen MR) is 66.0 cm³/mol. The van der Waals surface area contributed by atoms with Crippen LogP contribution in [0.4, 0.5) is 13.2 Å². The van der Waals surface area contributed by atoms with Crippen molar-refractivity contribution in [2.75, 3.05) is 13.1 Å². The number of aromatic hydroxyl groups is 1. The van der Waals surface area contributed by atoms with Gasteiger partial charge in [-0.15, -0.1) is 0 Å². The number of phenolic OH excluding ortho intramolecular Hbond substituents is 1. The Bertz CT molecular complexity index is 515. The molecule has 0 radical (unpaired) electrons. The van der Waals surface area contributed by atoms with E-state index in [0.29, 0.717) is 12.5 Å². The molecule has 4 nitrogen and oxygen atoms in total. The Morgan fingerprint density at radius 3 is 2.75 bits per heavy atom. The van der Waals surface area contributed by atoms with E-state index in [0.717, 1.165) is 25.9 Å². The highest BCUT2D eigenvalue weighted by molar-refractivity contribution is 5.95. The van der Waals surface area contributed by atoms with Crippen LogP contribution in [0.1, 0.15) is 29.6 Å². The summed E-state index contributed by atoms with van der Waals surface area (Å²) in [4.78, 5) is 11.9. The number of carbonyl (C=O) groups is 1. The van der Waals surface area contributed by atoms with Crippen molar-refractivity contribution in [2.45, 2.75) is 25.3 Å². The molecule has 1 aromatic rings. The van der Waals surface area contributed by atoms with E-state index in [4.69, 9.17) is 5.11 Å². The van der Waals surface area contributed by atoms with Crippen molar-refractivity contribution in [1.29, 1.82) is 0 Å². The van der Waals surface area contributed by atoms with Gasteiger partial charge in [0.15, 0.2) is 17.4 Å². The molecule has 0 spiro atoms. The van der Waals surface area contributed by atoms with Gasteiger partial charge in [0.05, 0.1) is 5.56 Å². The lowest BCUT2D eigenvalue weighted by Crippen LogP contribution is -2.36. The summed E-state index contributed by atoms with van der Waals surface area (Å²) in [5, 5.41) is 14.8. The first kappa shape index (κ1) is 14.6. The van der Waals surface area contributed by atoms with Crippen molar-refractivity contribution in [3.05, 3.63) is 29.1 Å². The number of hydrogen-bond donors (Lipinski definition) is 3. The van der Waals surface area contributed by atoms with E-state index in [2.05, 4.69) is 10.6 Å². The standard InChI is InChI=1S/C13H15F3N2O2/c14-9-6-8(10(15)12(19)11(9)16)13(20)18-7-2-1-4-17-5-3-7/h6-7,17,19H,1-5H2,(H,18,20). The molecule has 1 aromatic carbocycles. The molecule has 1 heterocycles. The Labute approximate surface area is 114 Å². The molecule has 20 heavy (non-hydrogen) atoms. The monoisotopic (exact) mass is 288 g/mol. The third-order valence-electron chi connectivity index (χ3n) is 3.29. The second kappa shape index (κ2) is 6.13. The van der Waals surface area contributed by atoms with Crippen molar-refractivity contribution in [3.8, 4) is 5.75 Å². The van der Waals surface area contributed by atoms with Gasteiger partial charge in [-0.2, -0.15) is 4.39 Å². The highest BCUT2D eigenvalue weighted by Crippen LogP contribution is 2.25. The Balaban J connectivity index is 2.16. The SMILES string of the molecule is O=C(NC1CCCNCC1)c1cc(F)c(F)c(O)c1F. The molecule has 3 N–H and O–H groups in total. The lowest BCUT2D eigenvalue weighted by Gasteiger charge is -2.16. The van der Waals surface area contributed by atoms with Crippen LogP contribution in [0.5, 0.6) is 5.75 Å². The molecule has 1 fully saturated rings. The molecule has 7 heteroatoms. The van der Waals surface area contributed by atoms with Gasteiger partial charge in [-0.1, -0.05) is 0 Å². The third-order valence-corrected chi connectivity index (χ3v) is 3.29. The van der Waals surface area contributed by atoms with Crippen molar-refractivity contribution in [1.82, 2.24) is 10.6 Å². The molecule has 0 aromatic heterocycles. The fourth-order valence-corrected chi connectivity index (χ4v) is 2.18. The summed E-state index contributed by atoms with van der Waals surface area (Å²) in [5.41, 5.74) is -0.696. The van der Waals surface area contributed by atoms with Gasteiger partial charge in [-0.3, -0.25) is 4.79 Å². The molecule has 110 valence electrons. The predicted octanol–water partition coefficient (Wildman–Crippen LogP) is 1.68. The lowest BCUT2D eigenvalue weighted by molar-refractivity contribution is 0.0928. The molecule has 1 aliphatic rings. The van der Waals surface area contributed by atoms with Crippen LogP contribution in [0.15, 0.2) is 6.07 Å². The van der Waals surface area contributed by atoms with Crippen LogP contribution in [0.3, 0.4) is 0 Å². The highest BCUT2D eigenvalue weighted by atomic mass is 19.2. The summed E-state index contributed by atoms with van der Waals surface area (Å²) in [6, 6.07) is 0.293. The van der Waals surface area contributed by atoms with Crippen LogP contribution >= 0.6 is 0 Å². The highest BCUT2D eigenvalue weighted by Gasteiger charge is 2.24. The molecule has 0 saturated carbocycles. The average Bonchev–Trinajstić information content (AvgIpc) is 2.69. The smallest absolute Gasteiger partial charge is 0.254 e. The number of carbonyl (C=O) groups excluding carboxylic acids is 1. The largest absolute Gasteiger partial charge is 0.503 e. The topological polar surface area (TPSA) is 61.4 Å². The zero-order valence-electron chi connectivity index (χ0n) is 10.7. The molecule has 1 aliphatic heterocycles. The second-order valence-corrected chi connectivity index (χ2v) is 4.73. The van der Waals surface area contributed by atoms with Gasteiger partial charge in [0, 0.05) is 6.04 Å². The zero-order valence-corrected chi connectivity index (χ0v) is 10.7. The Hall–Kier alpha value is -1.76. The second-order valence-electron chi connectivity index (χ2n) is 4.73. The van der Waals surface area contributed by atoms with Crippen molar-refractivity contribution in [2.24, 2.45) is 0 Å². The molecule has 0 bridgehead atoms. The first-order chi connectivity index (χ1) is 9.50. The number of hydrogen-bond acceptors (Lipinski definition) is 3. The zero-order chi connectivity index (χ0) is 14.7. The number of benzene rings is 1. The van der Waals surface area contributed by atoms with Gasteiger partial charge < -0.3 is 15.7 Å². The maximum absolute atomic E-state index is 13.6. The summed E-state index contributed by atoms with van der Waals surface area (Å²) < 4.78 is 39.7. The van der Waals surface area contributed by atoms with Crippen molar-refractivity contribution < 1.29 is 23.1 Å². The van der Waals surface area contributed by atoms with Crippen LogP contribution in [-0.4, -0.2) is 30.1 Å². The van der Waals surface area contributed by atoms with E-state index >= 15 is 0 Å². The maximum Gasteiger partial charge on any atom is 0.254 e. The van der Waals surface area contributed by atoms with Gasteiger partial charge in [0.1, 0.15) is 0 Å². The number of halogens is 3. The van der Waals surface area contributed by atoms with Gasteiger partial charge in [-0.25, -0.2) is 8.78 Å². The summed E-state index contributed by atoms with van der Waals surface area (Å²) in [5.74, 6) is -6.94. The van der Waals surface area contributed by atoms with E-state index < -0.39 is 34.7 Å². The minimum atomic E-state index is -1.70. The van der Waals surface area contributed by atoms with Crippen LogP contribution in [0, 0.1) is 17.5 Å². The molecular formula is C13H15F3N2O2. The van der Waals surface area contributed by atoms with E-state index in [-0.39, 0.29) is 6.04 Å². The normalized spacial score (nSPS) is 19.4. The molecular weight excluding hydrogens is 273 g/mol. The van der Waals surface area contributed by atoms with Crippen LogP contribution in [-0.2, 0) is 0 Å². The van der Waals surface area contributed by atoms with E-state index in [9.17, 15) is 18.0 Å². The lowest BCUT2D eigenvalue weighted by atomic mass is 10.1. The summed E-state index contributed by atoms with van der Waals surface area (Å²) in [7, 11) is 0. The van der Waals surface area contributed by atoms with Crippen LogP contribution in [0.25, 0.3) is 0 Å². The van der Waals surface area contributed by atoms with Gasteiger partial charge in [0.25, 0.3) is 5.91 Å². The van der Waals surface area contributed by atoms with Crippen molar-refractivity contribution >= 4 is 5.91 Å². The fraction of sp³-hybridized carbons (Fsp3) is 0.462. The van der Waals surface area contributed by atoms with Crippen LogP contribution in [0.2, 0.25) is 0 Å². The number of phenols is 1. The molecule has 1 amide bonds. The first-order valence-electron chi connectivity index (χ1n) is 6.38. The van der Waals surface area contributed by atoms with Gasteiger partial charge in [-0.05, 0) is 38.4 Å². The molecule has 1 atom stereocenters.